The summed E-state index contributed by atoms with van der Waals surface area (Å²) in [6.07, 6.45) is 3.01. The topological polar surface area (TPSA) is 58.7 Å². The Kier molecular flexibility index (Phi) is 9.29. The highest BCUT2D eigenvalue weighted by Gasteiger charge is 2.35. The first-order chi connectivity index (χ1) is 13.5. The molecular formula is C23H31Cl3N2O2. The van der Waals surface area contributed by atoms with E-state index in [0.29, 0.717) is 18.2 Å². The number of aromatic hydroxyl groups is 1. The van der Waals surface area contributed by atoms with Crippen molar-refractivity contribution in [1.82, 2.24) is 4.90 Å². The van der Waals surface area contributed by atoms with E-state index in [1.165, 1.54) is 5.56 Å². The molecule has 0 spiro atoms. The zero-order valence-corrected chi connectivity index (χ0v) is 19.6. The third-order valence-electron chi connectivity index (χ3n) is 6.30. The molecule has 1 fully saturated rings. The van der Waals surface area contributed by atoms with Gasteiger partial charge in [0.15, 0.2) is 0 Å². The zero-order chi connectivity index (χ0) is 19.7. The molecule has 4 rings (SSSR count). The molecule has 2 atom stereocenters. The van der Waals surface area contributed by atoms with Crippen molar-refractivity contribution < 1.29 is 9.84 Å². The molecule has 0 saturated carbocycles. The maximum absolute atomic E-state index is 10.6. The fraction of sp³-hybridized carbons (Fsp3) is 0.478. The van der Waals surface area contributed by atoms with Gasteiger partial charge in [-0.1, -0.05) is 35.9 Å². The highest BCUT2D eigenvalue weighted by Crippen LogP contribution is 2.40. The van der Waals surface area contributed by atoms with Gasteiger partial charge in [-0.15, -0.1) is 24.8 Å². The van der Waals surface area contributed by atoms with Crippen LogP contribution in [0.25, 0.3) is 0 Å². The molecule has 166 valence electrons. The maximum atomic E-state index is 10.6. The minimum atomic E-state index is -0.118. The Morgan fingerprint density at radius 2 is 1.77 bits per heavy atom. The van der Waals surface area contributed by atoms with Gasteiger partial charge >= 0.3 is 0 Å². The number of rotatable bonds is 4. The van der Waals surface area contributed by atoms with Crippen molar-refractivity contribution in [3.8, 4) is 5.75 Å². The molecule has 0 aliphatic carbocycles. The van der Waals surface area contributed by atoms with Gasteiger partial charge < -0.3 is 15.6 Å². The van der Waals surface area contributed by atoms with Crippen molar-refractivity contribution in [3.63, 3.8) is 0 Å². The van der Waals surface area contributed by atoms with E-state index >= 15 is 0 Å². The van der Waals surface area contributed by atoms with Gasteiger partial charge in [-0.05, 0) is 67.6 Å². The predicted octanol–water partition coefficient (Wildman–Crippen LogP) is 5.05. The average Bonchev–Trinajstić information content (AvgIpc) is 2.72. The monoisotopic (exact) mass is 472 g/mol. The number of nitrogens with two attached hydrogens (primary N) is 1. The van der Waals surface area contributed by atoms with Crippen LogP contribution in [0.15, 0.2) is 36.4 Å². The van der Waals surface area contributed by atoms with Crippen molar-refractivity contribution in [2.45, 2.75) is 44.9 Å². The van der Waals surface area contributed by atoms with Crippen LogP contribution in [0.4, 0.5) is 0 Å². The van der Waals surface area contributed by atoms with Crippen molar-refractivity contribution >= 4 is 36.4 Å². The third kappa shape index (κ3) is 5.42. The van der Waals surface area contributed by atoms with Gasteiger partial charge in [0.25, 0.3) is 0 Å². The molecule has 2 aromatic rings. The van der Waals surface area contributed by atoms with Crippen LogP contribution in [0.1, 0.15) is 41.2 Å². The second-order valence-electron chi connectivity index (χ2n) is 8.14. The normalized spacial score (nSPS) is 22.0. The lowest BCUT2D eigenvalue weighted by Gasteiger charge is -2.40. The van der Waals surface area contributed by atoms with Crippen LogP contribution in [-0.2, 0) is 17.7 Å². The first-order valence-corrected chi connectivity index (χ1v) is 10.6. The van der Waals surface area contributed by atoms with E-state index in [0.717, 1.165) is 60.6 Å². The number of piperidine rings is 1. The van der Waals surface area contributed by atoms with E-state index in [4.69, 9.17) is 22.1 Å². The summed E-state index contributed by atoms with van der Waals surface area (Å²) in [5.74, 6) is 0.924. The molecule has 2 aliphatic heterocycles. The molecule has 3 N–H and O–H groups in total. The van der Waals surface area contributed by atoms with Gasteiger partial charge in [0.05, 0.1) is 12.2 Å². The highest BCUT2D eigenvalue weighted by molar-refractivity contribution is 6.30. The van der Waals surface area contributed by atoms with Gasteiger partial charge in [-0.2, -0.15) is 0 Å². The van der Waals surface area contributed by atoms with Crippen molar-refractivity contribution in [2.24, 2.45) is 11.7 Å². The molecule has 0 radical (unpaired) electrons. The second kappa shape index (κ2) is 11.0. The van der Waals surface area contributed by atoms with E-state index in [1.54, 1.807) is 0 Å². The first-order valence-electron chi connectivity index (χ1n) is 10.2. The number of halogens is 3. The maximum Gasteiger partial charge on any atom is 0.122 e. The number of nitrogens with zero attached hydrogens (tertiary/aromatic N) is 1. The molecule has 30 heavy (non-hydrogen) atoms. The summed E-state index contributed by atoms with van der Waals surface area (Å²) in [6.45, 7) is 5.48. The Hall–Kier alpha value is -1.01. The number of aryl methyl sites for hydroxylation is 1. The summed E-state index contributed by atoms with van der Waals surface area (Å²) in [5.41, 5.74) is 10.3. The van der Waals surface area contributed by atoms with Crippen LogP contribution in [0.2, 0.25) is 5.02 Å². The Morgan fingerprint density at radius 3 is 2.40 bits per heavy atom. The van der Waals surface area contributed by atoms with Crippen molar-refractivity contribution in [1.29, 1.82) is 0 Å². The van der Waals surface area contributed by atoms with Gasteiger partial charge in [-0.3, -0.25) is 4.90 Å². The number of likely N-dealkylation sites (tertiary alicyclic amines) is 1. The molecule has 0 aromatic heterocycles. The van der Waals surface area contributed by atoms with E-state index in [9.17, 15) is 5.11 Å². The number of phenolic OH excluding ortho intramolecular Hbond substituents is 1. The Morgan fingerprint density at radius 1 is 1.10 bits per heavy atom. The van der Waals surface area contributed by atoms with E-state index in [2.05, 4.69) is 23.1 Å². The molecule has 0 unspecified atom stereocenters. The summed E-state index contributed by atoms with van der Waals surface area (Å²) >= 11 is 5.99. The Balaban J connectivity index is 0.00000160. The quantitative estimate of drug-likeness (QED) is 0.652. The third-order valence-corrected chi connectivity index (χ3v) is 6.56. The SMILES string of the molecule is Cc1ccc2c(c1O)C[C@@H](C1CCN(Cc3ccc(Cl)cc3)CC1)O[C@H]2CN.Cl.Cl. The Bertz CT molecular complexity index is 824. The lowest BCUT2D eigenvalue weighted by molar-refractivity contribution is -0.0651. The highest BCUT2D eigenvalue weighted by atomic mass is 35.5. The van der Waals surface area contributed by atoms with Crippen LogP contribution < -0.4 is 5.73 Å². The number of phenols is 1. The summed E-state index contributed by atoms with van der Waals surface area (Å²) in [7, 11) is 0. The standard InChI is InChI=1S/C23H29ClN2O2.2ClH/c1-15-2-7-19-20(23(15)27)12-21(28-22(19)13-25)17-8-10-26(11-9-17)14-16-3-5-18(24)6-4-16;;/h2-7,17,21-22,27H,8-14,25H2,1H3;2*1H/t21-,22-;;/m0../s1. The molecule has 2 heterocycles. The van der Waals surface area contributed by atoms with Crippen LogP contribution >= 0.6 is 36.4 Å². The zero-order valence-electron chi connectivity index (χ0n) is 17.2. The minimum absolute atomic E-state index is 0. The lowest BCUT2D eigenvalue weighted by atomic mass is 9.83. The van der Waals surface area contributed by atoms with Crippen molar-refractivity contribution in [3.05, 3.63) is 63.7 Å². The molecule has 2 aliphatic rings. The fourth-order valence-electron chi connectivity index (χ4n) is 4.61. The van der Waals surface area contributed by atoms with Gasteiger partial charge in [-0.25, -0.2) is 0 Å². The second-order valence-corrected chi connectivity index (χ2v) is 8.58. The molecule has 4 nitrogen and oxygen atoms in total. The largest absolute Gasteiger partial charge is 0.507 e. The molecular weight excluding hydrogens is 443 g/mol. The average molecular weight is 474 g/mol. The lowest BCUT2D eigenvalue weighted by Crippen LogP contribution is -2.41. The number of benzene rings is 2. The van der Waals surface area contributed by atoms with Crippen LogP contribution in [-0.4, -0.2) is 35.7 Å². The number of hydrogen-bond acceptors (Lipinski definition) is 4. The molecule has 1 saturated heterocycles. The van der Waals surface area contributed by atoms with Crippen LogP contribution in [0, 0.1) is 12.8 Å². The first kappa shape index (κ1) is 25.3. The van der Waals surface area contributed by atoms with E-state index in [1.807, 2.05) is 25.1 Å². The predicted molar refractivity (Wildman–Crippen MR) is 127 cm³/mol. The molecule has 0 amide bonds. The molecule has 7 heteroatoms. The van der Waals surface area contributed by atoms with Gasteiger partial charge in [0.2, 0.25) is 0 Å². The summed E-state index contributed by atoms with van der Waals surface area (Å²) in [5, 5.41) is 11.4. The molecule has 2 aromatic carbocycles. The Labute approximate surface area is 196 Å². The van der Waals surface area contributed by atoms with Crippen LogP contribution in [0.5, 0.6) is 5.75 Å². The fourth-order valence-corrected chi connectivity index (χ4v) is 4.74. The summed E-state index contributed by atoms with van der Waals surface area (Å²) in [6, 6.07) is 12.1. The van der Waals surface area contributed by atoms with Gasteiger partial charge in [0.1, 0.15) is 5.75 Å². The van der Waals surface area contributed by atoms with Crippen LogP contribution in [0.3, 0.4) is 0 Å². The van der Waals surface area contributed by atoms with Crippen molar-refractivity contribution in [2.75, 3.05) is 19.6 Å². The summed E-state index contributed by atoms with van der Waals surface area (Å²) in [4.78, 5) is 2.50. The molecule has 0 bridgehead atoms. The van der Waals surface area contributed by atoms with E-state index in [-0.39, 0.29) is 37.0 Å². The smallest absolute Gasteiger partial charge is 0.122 e. The number of hydrogen-bond donors (Lipinski definition) is 2. The summed E-state index contributed by atoms with van der Waals surface area (Å²) < 4.78 is 6.39. The van der Waals surface area contributed by atoms with Gasteiger partial charge in [0, 0.05) is 30.1 Å². The number of fused-ring (bicyclic) bond motifs is 1. The van der Waals surface area contributed by atoms with E-state index < -0.39 is 0 Å². The minimum Gasteiger partial charge on any atom is -0.507 e. The number of ether oxygens (including phenoxy) is 1.